The van der Waals surface area contributed by atoms with E-state index >= 15 is 0 Å². The highest BCUT2D eigenvalue weighted by Crippen LogP contribution is 2.32. The first-order chi connectivity index (χ1) is 9.11. The molecule has 0 fully saturated rings. The first kappa shape index (κ1) is 13.5. The van der Waals surface area contributed by atoms with Crippen molar-refractivity contribution >= 4 is 0 Å². The van der Waals surface area contributed by atoms with Gasteiger partial charge in [0.15, 0.2) is 5.76 Å². The molecule has 0 spiro atoms. The molecule has 5 heteroatoms. The lowest BCUT2D eigenvalue weighted by atomic mass is 10.1. The minimum absolute atomic E-state index is 0.299. The van der Waals surface area contributed by atoms with E-state index in [9.17, 15) is 4.39 Å². The third-order valence-electron chi connectivity index (χ3n) is 2.66. The lowest BCUT2D eigenvalue weighted by Crippen LogP contribution is -2.21. The summed E-state index contributed by atoms with van der Waals surface area (Å²) >= 11 is 0. The molecule has 1 heterocycles. The van der Waals surface area contributed by atoms with Crippen LogP contribution in [0.5, 0.6) is 5.75 Å². The van der Waals surface area contributed by atoms with Crippen LogP contribution in [0.2, 0.25) is 0 Å². The molecule has 19 heavy (non-hydrogen) atoms. The maximum absolute atomic E-state index is 13.9. The van der Waals surface area contributed by atoms with Crippen molar-refractivity contribution in [2.24, 2.45) is 0 Å². The van der Waals surface area contributed by atoms with E-state index in [0.717, 1.165) is 0 Å². The fourth-order valence-corrected chi connectivity index (χ4v) is 1.71. The average Bonchev–Trinajstić information content (AvgIpc) is 2.84. The Labute approximate surface area is 111 Å². The number of nitrogens with one attached hydrogen (secondary N) is 1. The number of benzene rings is 1. The van der Waals surface area contributed by atoms with Gasteiger partial charge in [0.1, 0.15) is 11.6 Å². The molecule has 0 radical (unpaired) electrons. The van der Waals surface area contributed by atoms with Crippen molar-refractivity contribution in [3.63, 3.8) is 0 Å². The summed E-state index contributed by atoms with van der Waals surface area (Å²) in [5.41, 5.74) is 0.299. The monoisotopic (exact) mass is 264 g/mol. The fraction of sp³-hybridized carbons (Fsp3) is 0.357. The Kier molecular flexibility index (Phi) is 4.16. The SMILES string of the molecule is COc1cccc(F)c1-c1cnc(CNC(C)C)o1. The van der Waals surface area contributed by atoms with Gasteiger partial charge in [-0.05, 0) is 12.1 Å². The molecule has 0 aliphatic carbocycles. The highest BCUT2D eigenvalue weighted by molar-refractivity contribution is 5.65. The smallest absolute Gasteiger partial charge is 0.208 e. The van der Waals surface area contributed by atoms with Gasteiger partial charge >= 0.3 is 0 Å². The van der Waals surface area contributed by atoms with Crippen molar-refractivity contribution in [2.75, 3.05) is 7.11 Å². The van der Waals surface area contributed by atoms with Crippen LogP contribution in [0.4, 0.5) is 4.39 Å². The van der Waals surface area contributed by atoms with Gasteiger partial charge in [0.2, 0.25) is 5.89 Å². The topological polar surface area (TPSA) is 47.3 Å². The minimum atomic E-state index is -0.390. The van der Waals surface area contributed by atoms with Crippen LogP contribution in [-0.2, 0) is 6.54 Å². The predicted molar refractivity (Wildman–Crippen MR) is 70.4 cm³/mol. The summed E-state index contributed by atoms with van der Waals surface area (Å²) in [5.74, 6) is 0.933. The van der Waals surface area contributed by atoms with Crippen LogP contribution in [-0.4, -0.2) is 18.1 Å². The summed E-state index contributed by atoms with van der Waals surface area (Å²) in [6.45, 7) is 4.57. The van der Waals surface area contributed by atoms with Gasteiger partial charge in [-0.3, -0.25) is 0 Å². The highest BCUT2D eigenvalue weighted by atomic mass is 19.1. The number of nitrogens with zero attached hydrogens (tertiary/aromatic N) is 1. The van der Waals surface area contributed by atoms with Crippen LogP contribution in [0.1, 0.15) is 19.7 Å². The molecule has 0 amide bonds. The average molecular weight is 264 g/mol. The van der Waals surface area contributed by atoms with Gasteiger partial charge in [0.25, 0.3) is 0 Å². The van der Waals surface area contributed by atoms with Gasteiger partial charge in [0, 0.05) is 6.04 Å². The third-order valence-corrected chi connectivity index (χ3v) is 2.66. The Balaban J connectivity index is 2.28. The van der Waals surface area contributed by atoms with Gasteiger partial charge < -0.3 is 14.5 Å². The molecule has 1 aromatic carbocycles. The maximum atomic E-state index is 13.9. The highest BCUT2D eigenvalue weighted by Gasteiger charge is 2.16. The van der Waals surface area contributed by atoms with Crippen LogP contribution in [0.3, 0.4) is 0 Å². The molecule has 0 saturated heterocycles. The Morgan fingerprint density at radius 3 is 2.89 bits per heavy atom. The van der Waals surface area contributed by atoms with Gasteiger partial charge in [-0.15, -0.1) is 0 Å². The maximum Gasteiger partial charge on any atom is 0.208 e. The van der Waals surface area contributed by atoms with Crippen LogP contribution >= 0.6 is 0 Å². The Hall–Kier alpha value is -1.88. The van der Waals surface area contributed by atoms with Crippen LogP contribution in [0.15, 0.2) is 28.8 Å². The first-order valence-corrected chi connectivity index (χ1v) is 6.12. The first-order valence-electron chi connectivity index (χ1n) is 6.12. The van der Waals surface area contributed by atoms with Gasteiger partial charge in [-0.1, -0.05) is 19.9 Å². The van der Waals surface area contributed by atoms with Gasteiger partial charge in [-0.25, -0.2) is 9.37 Å². The molecule has 0 bridgehead atoms. The van der Waals surface area contributed by atoms with E-state index < -0.39 is 0 Å². The number of ether oxygens (including phenoxy) is 1. The third kappa shape index (κ3) is 3.12. The number of halogens is 1. The van der Waals surface area contributed by atoms with Crippen LogP contribution < -0.4 is 10.1 Å². The number of rotatable bonds is 5. The number of aromatic nitrogens is 1. The Morgan fingerprint density at radius 1 is 1.42 bits per heavy atom. The van der Waals surface area contributed by atoms with Gasteiger partial charge in [-0.2, -0.15) is 0 Å². The molecule has 0 saturated carbocycles. The van der Waals surface area contributed by atoms with Crippen molar-refractivity contribution in [2.45, 2.75) is 26.4 Å². The van der Waals surface area contributed by atoms with Gasteiger partial charge in [0.05, 0.1) is 25.4 Å². The predicted octanol–water partition coefficient (Wildman–Crippen LogP) is 2.99. The van der Waals surface area contributed by atoms with E-state index in [0.29, 0.717) is 35.6 Å². The minimum Gasteiger partial charge on any atom is -0.496 e. The van der Waals surface area contributed by atoms with Crippen molar-refractivity contribution in [3.05, 3.63) is 36.1 Å². The van der Waals surface area contributed by atoms with E-state index in [1.165, 1.54) is 19.4 Å². The molecular weight excluding hydrogens is 247 g/mol. The second-order valence-corrected chi connectivity index (χ2v) is 4.47. The quantitative estimate of drug-likeness (QED) is 0.901. The summed E-state index contributed by atoms with van der Waals surface area (Å²) < 4.78 is 24.6. The molecular formula is C14H17FN2O2. The van der Waals surface area contributed by atoms with E-state index in [1.54, 1.807) is 12.1 Å². The summed E-state index contributed by atoms with van der Waals surface area (Å²) in [5, 5.41) is 3.19. The standard InChI is InChI=1S/C14H17FN2O2/c1-9(2)16-8-13-17-7-12(19-13)14-10(15)5-4-6-11(14)18-3/h4-7,9,16H,8H2,1-3H3. The lowest BCUT2D eigenvalue weighted by Gasteiger charge is -2.06. The molecule has 2 aromatic rings. The molecule has 0 unspecified atom stereocenters. The van der Waals surface area contributed by atoms with Crippen molar-refractivity contribution in [1.82, 2.24) is 10.3 Å². The number of oxazole rings is 1. The molecule has 1 N–H and O–H groups in total. The van der Waals surface area contributed by atoms with E-state index in [4.69, 9.17) is 9.15 Å². The molecule has 0 aliphatic heterocycles. The molecule has 1 aromatic heterocycles. The molecule has 4 nitrogen and oxygen atoms in total. The summed E-state index contributed by atoms with van der Waals surface area (Å²) in [6, 6.07) is 4.98. The zero-order valence-electron chi connectivity index (χ0n) is 11.2. The lowest BCUT2D eigenvalue weighted by molar-refractivity contribution is 0.408. The number of methoxy groups -OCH3 is 1. The fourth-order valence-electron chi connectivity index (χ4n) is 1.71. The largest absolute Gasteiger partial charge is 0.496 e. The van der Waals surface area contributed by atoms with Crippen molar-refractivity contribution < 1.29 is 13.5 Å². The zero-order valence-corrected chi connectivity index (χ0v) is 11.2. The van der Waals surface area contributed by atoms with Crippen LogP contribution in [0, 0.1) is 5.82 Å². The molecule has 102 valence electrons. The normalized spacial score (nSPS) is 11.0. The summed E-state index contributed by atoms with van der Waals surface area (Å²) in [4.78, 5) is 4.13. The van der Waals surface area contributed by atoms with Crippen molar-refractivity contribution in [1.29, 1.82) is 0 Å². The summed E-state index contributed by atoms with van der Waals surface area (Å²) in [7, 11) is 1.50. The van der Waals surface area contributed by atoms with Crippen LogP contribution in [0.25, 0.3) is 11.3 Å². The molecule has 2 rings (SSSR count). The second-order valence-electron chi connectivity index (χ2n) is 4.47. The zero-order chi connectivity index (χ0) is 13.8. The van der Waals surface area contributed by atoms with Crippen molar-refractivity contribution in [3.8, 4) is 17.1 Å². The summed E-state index contributed by atoms with van der Waals surface area (Å²) in [6.07, 6.45) is 1.51. The Bertz CT molecular complexity index is 552. The van der Waals surface area contributed by atoms with E-state index in [-0.39, 0.29) is 5.82 Å². The molecule has 0 atom stereocenters. The second kappa shape index (κ2) is 5.84. The Morgan fingerprint density at radius 2 is 2.21 bits per heavy atom. The van der Waals surface area contributed by atoms with E-state index in [2.05, 4.69) is 10.3 Å². The van der Waals surface area contributed by atoms with E-state index in [1.807, 2.05) is 13.8 Å². The molecule has 0 aliphatic rings. The number of hydrogen-bond acceptors (Lipinski definition) is 4. The number of hydrogen-bond donors (Lipinski definition) is 1.